The Morgan fingerprint density at radius 1 is 1.16 bits per heavy atom. The van der Waals surface area contributed by atoms with Crippen molar-refractivity contribution in [2.75, 3.05) is 13.7 Å². The monoisotopic (exact) mass is 448 g/mol. The number of rotatable bonds is 8. The summed E-state index contributed by atoms with van der Waals surface area (Å²) in [6, 6.07) is 17.4. The summed E-state index contributed by atoms with van der Waals surface area (Å²) in [7, 11) is 1.77. The highest BCUT2D eigenvalue weighted by Gasteiger charge is 2.16. The summed E-state index contributed by atoms with van der Waals surface area (Å²) in [4.78, 5) is 14.6. The van der Waals surface area contributed by atoms with E-state index in [0.29, 0.717) is 23.7 Å². The van der Waals surface area contributed by atoms with Crippen LogP contribution < -0.4 is 4.74 Å². The van der Waals surface area contributed by atoms with Crippen molar-refractivity contribution in [3.8, 4) is 22.8 Å². The molecule has 2 aromatic carbocycles. The van der Waals surface area contributed by atoms with E-state index >= 15 is 0 Å². The molecule has 32 heavy (non-hydrogen) atoms. The van der Waals surface area contributed by atoms with Crippen LogP contribution in [0.4, 0.5) is 0 Å². The number of carbonyl (C=O) groups excluding carboxylic acids is 1. The lowest BCUT2D eigenvalue weighted by Gasteiger charge is -2.17. The first kappa shape index (κ1) is 21.5. The lowest BCUT2D eigenvalue weighted by atomic mass is 10.2. The number of aromatic nitrogens is 5. The van der Waals surface area contributed by atoms with E-state index in [2.05, 4.69) is 15.3 Å². The zero-order chi connectivity index (χ0) is 22.5. The van der Waals surface area contributed by atoms with Gasteiger partial charge in [0.15, 0.2) is 10.6 Å². The van der Waals surface area contributed by atoms with Gasteiger partial charge in [0.05, 0.1) is 18.5 Å². The first-order valence-corrected chi connectivity index (χ1v) is 10.7. The fourth-order valence-electron chi connectivity index (χ4n) is 3.33. The summed E-state index contributed by atoms with van der Waals surface area (Å²) in [6.07, 6.45) is 3.69. The molecule has 0 saturated heterocycles. The number of carbonyl (C=O) groups is 1. The molecule has 0 aliphatic rings. The number of H-pyrrole nitrogens is 1. The summed E-state index contributed by atoms with van der Waals surface area (Å²) in [5.41, 5.74) is 2.75. The van der Waals surface area contributed by atoms with Crippen molar-refractivity contribution in [3.05, 3.63) is 77.3 Å². The van der Waals surface area contributed by atoms with Crippen LogP contribution in [0.3, 0.4) is 0 Å². The third-order valence-corrected chi connectivity index (χ3v) is 5.29. The molecule has 0 unspecified atom stereocenters. The van der Waals surface area contributed by atoms with E-state index in [4.69, 9.17) is 17.0 Å². The van der Waals surface area contributed by atoms with Gasteiger partial charge in [-0.25, -0.2) is 4.68 Å². The predicted octanol–water partition coefficient (Wildman–Crippen LogP) is 3.85. The molecule has 2 aromatic heterocycles. The van der Waals surface area contributed by atoms with Crippen molar-refractivity contribution in [1.29, 1.82) is 0 Å². The van der Waals surface area contributed by atoms with Crippen LogP contribution >= 0.6 is 12.2 Å². The van der Waals surface area contributed by atoms with Gasteiger partial charge in [0.2, 0.25) is 5.91 Å². The van der Waals surface area contributed by atoms with Crippen LogP contribution in [-0.4, -0.2) is 49.0 Å². The molecule has 0 fully saturated rings. The molecule has 9 heteroatoms. The number of hydrogen-bond donors (Lipinski definition) is 1. The Morgan fingerprint density at radius 3 is 2.62 bits per heavy atom. The van der Waals surface area contributed by atoms with Gasteiger partial charge in [-0.15, -0.1) is 0 Å². The topological polar surface area (TPSA) is 81.0 Å². The van der Waals surface area contributed by atoms with E-state index in [1.54, 1.807) is 27.4 Å². The normalized spacial score (nSPS) is 10.8. The number of aromatic amines is 1. The Morgan fingerprint density at radius 2 is 1.91 bits per heavy atom. The zero-order valence-corrected chi connectivity index (χ0v) is 18.7. The average Bonchev–Trinajstić information content (AvgIpc) is 3.42. The number of nitrogens with zero attached hydrogens (tertiary/aromatic N) is 5. The van der Waals surface area contributed by atoms with E-state index in [0.717, 1.165) is 22.6 Å². The number of nitrogens with one attached hydrogen (secondary N) is 1. The van der Waals surface area contributed by atoms with Crippen LogP contribution in [0.2, 0.25) is 0 Å². The molecule has 0 radical (unpaired) electrons. The molecule has 1 amide bonds. The molecule has 164 valence electrons. The second kappa shape index (κ2) is 9.61. The van der Waals surface area contributed by atoms with E-state index in [1.165, 1.54) is 0 Å². The molecule has 4 rings (SSSR count). The van der Waals surface area contributed by atoms with E-state index in [1.807, 2.05) is 67.7 Å². The maximum absolute atomic E-state index is 12.9. The lowest BCUT2D eigenvalue weighted by Crippen LogP contribution is -2.30. The second-order valence-corrected chi connectivity index (χ2v) is 7.66. The van der Waals surface area contributed by atoms with Gasteiger partial charge >= 0.3 is 0 Å². The lowest BCUT2D eigenvalue weighted by molar-refractivity contribution is -0.131. The number of ether oxygens (including phenoxy) is 1. The fourth-order valence-corrected chi connectivity index (χ4v) is 3.53. The van der Waals surface area contributed by atoms with Gasteiger partial charge in [-0.05, 0) is 55.5 Å². The Labute approximate surface area is 191 Å². The Bertz CT molecular complexity index is 1240. The molecule has 0 spiro atoms. The van der Waals surface area contributed by atoms with Gasteiger partial charge in [0.1, 0.15) is 12.3 Å². The first-order valence-electron chi connectivity index (χ1n) is 10.3. The minimum absolute atomic E-state index is 0.0813. The van der Waals surface area contributed by atoms with Crippen molar-refractivity contribution in [2.45, 2.75) is 20.0 Å². The quantitative estimate of drug-likeness (QED) is 0.414. The van der Waals surface area contributed by atoms with Crippen LogP contribution in [0.15, 0.2) is 67.0 Å². The number of amides is 1. The fraction of sp³-hybridized carbons (Fsp3) is 0.217. The summed E-state index contributed by atoms with van der Waals surface area (Å²) in [6.45, 7) is 3.06. The molecule has 0 atom stereocenters. The summed E-state index contributed by atoms with van der Waals surface area (Å²) >= 11 is 5.37. The molecule has 8 nitrogen and oxygen atoms in total. The number of likely N-dealkylation sites (N-methyl/N-ethyl adjacent to an activating group) is 1. The van der Waals surface area contributed by atoms with Crippen LogP contribution in [0.5, 0.6) is 5.75 Å². The third kappa shape index (κ3) is 4.78. The molecule has 0 aliphatic heterocycles. The Hall–Kier alpha value is -3.72. The van der Waals surface area contributed by atoms with Gasteiger partial charge in [-0.2, -0.15) is 10.2 Å². The van der Waals surface area contributed by atoms with Crippen LogP contribution in [0.1, 0.15) is 12.5 Å². The second-order valence-electron chi connectivity index (χ2n) is 7.27. The molecule has 0 bridgehead atoms. The van der Waals surface area contributed by atoms with Gasteiger partial charge in [-0.3, -0.25) is 14.5 Å². The number of para-hydroxylation sites is 1. The largest absolute Gasteiger partial charge is 0.494 e. The molecular weight excluding hydrogens is 424 g/mol. The minimum Gasteiger partial charge on any atom is -0.494 e. The highest BCUT2D eigenvalue weighted by molar-refractivity contribution is 7.71. The van der Waals surface area contributed by atoms with Gasteiger partial charge in [-0.1, -0.05) is 18.2 Å². The maximum Gasteiger partial charge on any atom is 0.242 e. The predicted molar refractivity (Wildman–Crippen MR) is 124 cm³/mol. The molecule has 2 heterocycles. The standard InChI is InChI=1S/C23H24N6O2S/c1-3-31-20-11-9-18(10-12-20)22-25-26-23(32)28(22)16-21(30)27(2)14-17-13-24-29(15-17)19-7-5-4-6-8-19/h4-13,15H,3,14,16H2,1-2H3,(H,26,32). The molecular formula is C23H24N6O2S. The highest BCUT2D eigenvalue weighted by atomic mass is 32.1. The maximum atomic E-state index is 12.9. The SMILES string of the molecule is CCOc1ccc(-c2n[nH]c(=S)n2CC(=O)N(C)Cc2cnn(-c3ccccc3)c2)cc1. The molecule has 0 saturated carbocycles. The van der Waals surface area contributed by atoms with Gasteiger partial charge in [0.25, 0.3) is 0 Å². The Kier molecular flexibility index (Phi) is 6.46. The van der Waals surface area contributed by atoms with Crippen molar-refractivity contribution >= 4 is 18.1 Å². The van der Waals surface area contributed by atoms with Crippen LogP contribution in [0.25, 0.3) is 17.1 Å². The number of hydrogen-bond acceptors (Lipinski definition) is 5. The average molecular weight is 449 g/mol. The van der Waals surface area contributed by atoms with Crippen molar-refractivity contribution < 1.29 is 9.53 Å². The Balaban J connectivity index is 1.45. The smallest absolute Gasteiger partial charge is 0.242 e. The van der Waals surface area contributed by atoms with Gasteiger partial charge < -0.3 is 9.64 Å². The molecule has 0 aliphatic carbocycles. The van der Waals surface area contributed by atoms with Crippen molar-refractivity contribution in [1.82, 2.24) is 29.4 Å². The van der Waals surface area contributed by atoms with Crippen molar-refractivity contribution in [3.63, 3.8) is 0 Å². The first-order chi connectivity index (χ1) is 15.5. The number of benzene rings is 2. The summed E-state index contributed by atoms with van der Waals surface area (Å²) in [5.74, 6) is 1.31. The van der Waals surface area contributed by atoms with Crippen LogP contribution in [0, 0.1) is 4.77 Å². The molecule has 4 aromatic rings. The zero-order valence-electron chi connectivity index (χ0n) is 17.9. The van der Waals surface area contributed by atoms with Crippen molar-refractivity contribution in [2.24, 2.45) is 0 Å². The van der Waals surface area contributed by atoms with E-state index in [9.17, 15) is 4.79 Å². The van der Waals surface area contributed by atoms with Gasteiger partial charge in [0, 0.05) is 30.9 Å². The third-order valence-electron chi connectivity index (χ3n) is 4.98. The summed E-state index contributed by atoms with van der Waals surface area (Å²) in [5, 5.41) is 11.5. The van der Waals surface area contributed by atoms with E-state index in [-0.39, 0.29) is 12.5 Å². The summed E-state index contributed by atoms with van der Waals surface area (Å²) < 4.78 is 9.39. The molecule has 1 N–H and O–H groups in total. The minimum atomic E-state index is -0.0813. The van der Waals surface area contributed by atoms with Crippen LogP contribution in [-0.2, 0) is 17.9 Å². The van der Waals surface area contributed by atoms with E-state index < -0.39 is 0 Å². The highest BCUT2D eigenvalue weighted by Crippen LogP contribution is 2.21.